The van der Waals surface area contributed by atoms with Gasteiger partial charge in [0, 0.05) is 6.61 Å². The first-order chi connectivity index (χ1) is 8.31. The molecule has 1 unspecified atom stereocenters. The highest BCUT2D eigenvalue weighted by Crippen LogP contribution is 2.22. The van der Waals surface area contributed by atoms with Crippen molar-refractivity contribution in [1.82, 2.24) is 15.0 Å². The van der Waals surface area contributed by atoms with Crippen molar-refractivity contribution >= 4 is 5.95 Å². The normalized spacial score (nSPS) is 12.3. The molecule has 0 aliphatic heterocycles. The van der Waals surface area contributed by atoms with Crippen molar-refractivity contribution in [3.05, 3.63) is 48.0 Å². The lowest BCUT2D eigenvalue weighted by Crippen LogP contribution is -2.12. The monoisotopic (exact) mass is 230 g/mol. The van der Waals surface area contributed by atoms with Crippen LogP contribution in [-0.4, -0.2) is 21.6 Å². The highest BCUT2D eigenvalue weighted by Gasteiger charge is 2.17. The quantitative estimate of drug-likeness (QED) is 0.863. The molecule has 0 saturated heterocycles. The fourth-order valence-corrected chi connectivity index (χ4v) is 1.56. The maximum Gasteiger partial charge on any atom is 0.223 e. The Balaban J connectivity index is 2.35. The van der Waals surface area contributed by atoms with Crippen LogP contribution in [0.3, 0.4) is 0 Å². The van der Waals surface area contributed by atoms with E-state index in [0.717, 1.165) is 5.56 Å². The lowest BCUT2D eigenvalue weighted by Gasteiger charge is -2.15. The van der Waals surface area contributed by atoms with Gasteiger partial charge in [-0.15, -0.1) is 0 Å². The zero-order valence-electron chi connectivity index (χ0n) is 9.58. The molecule has 0 radical (unpaired) electrons. The van der Waals surface area contributed by atoms with Gasteiger partial charge in [0.15, 0.2) is 5.82 Å². The minimum Gasteiger partial charge on any atom is -0.368 e. The molecule has 1 aromatic carbocycles. The van der Waals surface area contributed by atoms with Crippen molar-refractivity contribution in [2.75, 3.05) is 12.3 Å². The van der Waals surface area contributed by atoms with E-state index in [9.17, 15) is 0 Å². The van der Waals surface area contributed by atoms with Gasteiger partial charge in [-0.25, -0.2) is 9.97 Å². The van der Waals surface area contributed by atoms with Crippen LogP contribution in [0.4, 0.5) is 5.95 Å². The number of nitrogens with zero attached hydrogens (tertiary/aromatic N) is 3. The third-order valence-electron chi connectivity index (χ3n) is 2.28. The number of nitrogens with two attached hydrogens (primary N) is 1. The summed E-state index contributed by atoms with van der Waals surface area (Å²) < 4.78 is 5.66. The van der Waals surface area contributed by atoms with E-state index in [2.05, 4.69) is 15.0 Å². The average Bonchev–Trinajstić information content (AvgIpc) is 2.37. The zero-order chi connectivity index (χ0) is 12.1. The number of benzene rings is 1. The molecule has 88 valence electrons. The molecule has 0 aliphatic rings. The number of aromatic nitrogens is 3. The zero-order valence-corrected chi connectivity index (χ0v) is 9.58. The summed E-state index contributed by atoms with van der Waals surface area (Å²) in [4.78, 5) is 12.0. The molecular formula is C12H14N4O. The first kappa shape index (κ1) is 11.5. The number of rotatable bonds is 4. The number of anilines is 1. The molecule has 1 atom stereocenters. The molecule has 1 heterocycles. The minimum atomic E-state index is -0.300. The summed E-state index contributed by atoms with van der Waals surface area (Å²) in [5.74, 6) is 0.737. The van der Waals surface area contributed by atoms with E-state index in [1.165, 1.54) is 6.33 Å². The molecule has 0 bridgehead atoms. The molecule has 2 rings (SSSR count). The Morgan fingerprint density at radius 2 is 2.00 bits per heavy atom. The number of ether oxygens (including phenoxy) is 1. The second-order valence-electron chi connectivity index (χ2n) is 3.45. The largest absolute Gasteiger partial charge is 0.368 e. The molecule has 1 aromatic heterocycles. The van der Waals surface area contributed by atoms with E-state index in [1.807, 2.05) is 37.3 Å². The van der Waals surface area contributed by atoms with Crippen LogP contribution >= 0.6 is 0 Å². The van der Waals surface area contributed by atoms with Gasteiger partial charge in [0.05, 0.1) is 0 Å². The molecule has 17 heavy (non-hydrogen) atoms. The van der Waals surface area contributed by atoms with Crippen LogP contribution < -0.4 is 5.73 Å². The van der Waals surface area contributed by atoms with Crippen molar-refractivity contribution < 1.29 is 4.74 Å². The lowest BCUT2D eigenvalue weighted by molar-refractivity contribution is 0.0850. The molecule has 0 spiro atoms. The molecule has 0 saturated carbocycles. The van der Waals surface area contributed by atoms with E-state index in [-0.39, 0.29) is 12.1 Å². The van der Waals surface area contributed by atoms with E-state index in [1.54, 1.807) is 0 Å². The molecule has 5 heteroatoms. The Morgan fingerprint density at radius 3 is 2.65 bits per heavy atom. The summed E-state index contributed by atoms with van der Waals surface area (Å²) in [5, 5.41) is 0. The fourth-order valence-electron chi connectivity index (χ4n) is 1.56. The van der Waals surface area contributed by atoms with Gasteiger partial charge in [0.25, 0.3) is 0 Å². The van der Waals surface area contributed by atoms with Crippen LogP contribution in [0.5, 0.6) is 0 Å². The number of hydrogen-bond donors (Lipinski definition) is 1. The van der Waals surface area contributed by atoms with Crippen LogP contribution in [0.15, 0.2) is 36.7 Å². The van der Waals surface area contributed by atoms with Crippen molar-refractivity contribution in [3.63, 3.8) is 0 Å². The number of hydrogen-bond acceptors (Lipinski definition) is 5. The van der Waals surface area contributed by atoms with Gasteiger partial charge in [0.1, 0.15) is 12.4 Å². The summed E-state index contributed by atoms with van der Waals surface area (Å²) in [6.45, 7) is 2.51. The highest BCUT2D eigenvalue weighted by molar-refractivity contribution is 5.24. The van der Waals surface area contributed by atoms with Gasteiger partial charge in [-0.3, -0.25) is 0 Å². The Bertz CT molecular complexity index is 475. The second kappa shape index (κ2) is 5.36. The summed E-state index contributed by atoms with van der Waals surface area (Å²) in [6.07, 6.45) is 1.10. The molecule has 0 amide bonds. The van der Waals surface area contributed by atoms with E-state index < -0.39 is 0 Å². The summed E-state index contributed by atoms with van der Waals surface area (Å²) in [7, 11) is 0. The molecule has 0 fully saturated rings. The highest BCUT2D eigenvalue weighted by atomic mass is 16.5. The molecule has 0 aliphatic carbocycles. The van der Waals surface area contributed by atoms with E-state index in [0.29, 0.717) is 12.4 Å². The van der Waals surface area contributed by atoms with Gasteiger partial charge in [-0.1, -0.05) is 30.3 Å². The Kier molecular flexibility index (Phi) is 3.62. The van der Waals surface area contributed by atoms with Crippen LogP contribution in [0.2, 0.25) is 0 Å². The summed E-state index contributed by atoms with van der Waals surface area (Å²) in [6, 6.07) is 9.80. The van der Waals surface area contributed by atoms with Crippen molar-refractivity contribution in [1.29, 1.82) is 0 Å². The second-order valence-corrected chi connectivity index (χ2v) is 3.45. The summed E-state index contributed by atoms with van der Waals surface area (Å²) in [5.41, 5.74) is 6.55. The SMILES string of the molecule is CCOC(c1ccccc1)c1ncnc(N)n1. The Morgan fingerprint density at radius 1 is 1.24 bits per heavy atom. The smallest absolute Gasteiger partial charge is 0.223 e. The Labute approximate surface area is 99.7 Å². The maximum atomic E-state index is 5.66. The van der Waals surface area contributed by atoms with Gasteiger partial charge < -0.3 is 10.5 Å². The van der Waals surface area contributed by atoms with Gasteiger partial charge >= 0.3 is 0 Å². The van der Waals surface area contributed by atoms with Crippen LogP contribution in [-0.2, 0) is 4.74 Å². The third-order valence-corrected chi connectivity index (χ3v) is 2.28. The third kappa shape index (κ3) is 2.76. The molecule has 5 nitrogen and oxygen atoms in total. The molecule has 2 N–H and O–H groups in total. The maximum absolute atomic E-state index is 5.66. The van der Waals surface area contributed by atoms with E-state index in [4.69, 9.17) is 10.5 Å². The minimum absolute atomic E-state index is 0.204. The van der Waals surface area contributed by atoms with Gasteiger partial charge in [-0.05, 0) is 12.5 Å². The molecular weight excluding hydrogens is 216 g/mol. The number of nitrogen functional groups attached to an aromatic ring is 1. The van der Waals surface area contributed by atoms with Crippen LogP contribution in [0.25, 0.3) is 0 Å². The van der Waals surface area contributed by atoms with Crippen molar-refractivity contribution in [2.45, 2.75) is 13.0 Å². The van der Waals surface area contributed by atoms with Crippen molar-refractivity contribution in [2.24, 2.45) is 0 Å². The lowest BCUT2D eigenvalue weighted by atomic mass is 10.1. The fraction of sp³-hybridized carbons (Fsp3) is 0.250. The first-order valence-electron chi connectivity index (χ1n) is 5.42. The van der Waals surface area contributed by atoms with Crippen LogP contribution in [0.1, 0.15) is 24.4 Å². The predicted molar refractivity (Wildman–Crippen MR) is 64.2 cm³/mol. The topological polar surface area (TPSA) is 73.9 Å². The van der Waals surface area contributed by atoms with Gasteiger partial charge in [-0.2, -0.15) is 4.98 Å². The van der Waals surface area contributed by atoms with Crippen LogP contribution in [0, 0.1) is 0 Å². The summed E-state index contributed by atoms with van der Waals surface area (Å²) >= 11 is 0. The predicted octanol–water partition coefficient (Wildman–Crippen LogP) is 1.58. The standard InChI is InChI=1S/C12H14N4O/c1-2-17-10(9-6-4-3-5-7-9)11-14-8-15-12(13)16-11/h3-8,10H,2H2,1H3,(H2,13,14,15,16). The Hall–Kier alpha value is -2.01. The van der Waals surface area contributed by atoms with Gasteiger partial charge in [0.2, 0.25) is 5.95 Å². The first-order valence-corrected chi connectivity index (χ1v) is 5.42. The average molecular weight is 230 g/mol. The molecule has 2 aromatic rings. The van der Waals surface area contributed by atoms with E-state index >= 15 is 0 Å². The van der Waals surface area contributed by atoms with Crippen molar-refractivity contribution in [3.8, 4) is 0 Å².